The van der Waals surface area contributed by atoms with Crippen LogP contribution in [-0.4, -0.2) is 48.3 Å². The van der Waals surface area contributed by atoms with Gasteiger partial charge in [-0.3, -0.25) is 9.59 Å². The van der Waals surface area contributed by atoms with E-state index >= 15 is 0 Å². The molecule has 0 spiro atoms. The second-order valence-electron chi connectivity index (χ2n) is 3.90. The summed E-state index contributed by atoms with van der Waals surface area (Å²) >= 11 is 7.25. The quantitative estimate of drug-likeness (QED) is 0.777. The Bertz CT molecular complexity index is 413. The smallest absolute Gasteiger partial charge is 0.227 e. The van der Waals surface area contributed by atoms with Crippen molar-refractivity contribution in [2.24, 2.45) is 0 Å². The van der Waals surface area contributed by atoms with E-state index in [0.29, 0.717) is 36.9 Å². The van der Waals surface area contributed by atoms with E-state index in [2.05, 4.69) is 0 Å². The molecule has 4 nitrogen and oxygen atoms in total. The maximum atomic E-state index is 12.0. The van der Waals surface area contributed by atoms with E-state index in [-0.39, 0.29) is 5.91 Å². The van der Waals surface area contributed by atoms with Crippen LogP contribution in [0.25, 0.3) is 0 Å². The number of nitrogens with zero attached hydrogens (tertiary/aromatic N) is 2. The zero-order chi connectivity index (χ0) is 12.3. The van der Waals surface area contributed by atoms with Crippen molar-refractivity contribution in [3.05, 3.63) is 21.3 Å². The molecule has 0 atom stereocenters. The fourth-order valence-corrected chi connectivity index (χ4v) is 2.86. The molecule has 1 fully saturated rings. The van der Waals surface area contributed by atoms with Crippen molar-refractivity contribution < 1.29 is 9.59 Å². The minimum Gasteiger partial charge on any atom is -0.342 e. The van der Waals surface area contributed by atoms with Gasteiger partial charge in [-0.25, -0.2) is 0 Å². The predicted octanol–water partition coefficient (Wildman–Crippen LogP) is 1.24. The molecule has 1 aromatic heterocycles. The Kier molecular flexibility index (Phi) is 4.02. The molecule has 1 aliphatic heterocycles. The van der Waals surface area contributed by atoms with Crippen LogP contribution in [0.15, 0.2) is 12.1 Å². The number of rotatable bonds is 3. The molecule has 0 bridgehead atoms. The average molecular weight is 273 g/mol. The summed E-state index contributed by atoms with van der Waals surface area (Å²) < 4.78 is 0.707. The largest absolute Gasteiger partial charge is 0.342 e. The molecule has 6 heteroatoms. The molecule has 2 heterocycles. The molecule has 1 aromatic rings. The molecule has 0 radical (unpaired) electrons. The van der Waals surface area contributed by atoms with E-state index in [1.165, 1.54) is 11.3 Å². The van der Waals surface area contributed by atoms with Gasteiger partial charge in [0.15, 0.2) is 0 Å². The lowest BCUT2D eigenvalue weighted by Crippen LogP contribution is -2.48. The Labute approximate surface area is 109 Å². The summed E-state index contributed by atoms with van der Waals surface area (Å²) in [5.41, 5.74) is 0. The number of amides is 2. The van der Waals surface area contributed by atoms with Crippen molar-refractivity contribution in [2.45, 2.75) is 6.42 Å². The van der Waals surface area contributed by atoms with Crippen LogP contribution in [0.2, 0.25) is 4.34 Å². The SMILES string of the molecule is O=CN1CCN(C(=O)Cc2ccc(Cl)s2)CC1. The summed E-state index contributed by atoms with van der Waals surface area (Å²) in [4.78, 5) is 27.0. The van der Waals surface area contributed by atoms with Gasteiger partial charge in [0, 0.05) is 31.1 Å². The van der Waals surface area contributed by atoms with E-state index < -0.39 is 0 Å². The van der Waals surface area contributed by atoms with Crippen LogP contribution in [0.5, 0.6) is 0 Å². The Morgan fingerprint density at radius 3 is 2.59 bits per heavy atom. The molecule has 0 aromatic carbocycles. The maximum absolute atomic E-state index is 12.0. The fourth-order valence-electron chi connectivity index (χ4n) is 1.78. The molecule has 0 aliphatic carbocycles. The zero-order valence-corrected chi connectivity index (χ0v) is 10.8. The van der Waals surface area contributed by atoms with Crippen LogP contribution < -0.4 is 0 Å². The minimum absolute atomic E-state index is 0.106. The fraction of sp³-hybridized carbons (Fsp3) is 0.455. The Balaban J connectivity index is 1.87. The van der Waals surface area contributed by atoms with E-state index in [0.717, 1.165) is 11.3 Å². The summed E-state index contributed by atoms with van der Waals surface area (Å²) in [5, 5.41) is 0. The lowest BCUT2D eigenvalue weighted by atomic mass is 10.2. The van der Waals surface area contributed by atoms with Crippen LogP contribution in [0.1, 0.15) is 4.88 Å². The second kappa shape index (κ2) is 5.51. The summed E-state index contributed by atoms with van der Waals surface area (Å²) in [6.45, 7) is 2.49. The van der Waals surface area contributed by atoms with Gasteiger partial charge in [0.25, 0.3) is 0 Å². The summed E-state index contributed by atoms with van der Waals surface area (Å²) in [7, 11) is 0. The van der Waals surface area contributed by atoms with E-state index in [4.69, 9.17) is 11.6 Å². The van der Waals surface area contributed by atoms with Crippen molar-refractivity contribution in [1.29, 1.82) is 0 Å². The van der Waals surface area contributed by atoms with E-state index in [1.54, 1.807) is 15.9 Å². The number of piperazine rings is 1. The second-order valence-corrected chi connectivity index (χ2v) is 5.70. The van der Waals surface area contributed by atoms with Gasteiger partial charge in [-0.15, -0.1) is 11.3 Å². The molecule has 1 saturated heterocycles. The van der Waals surface area contributed by atoms with Gasteiger partial charge in [-0.05, 0) is 12.1 Å². The third-order valence-corrected chi connectivity index (χ3v) is 4.00. The maximum Gasteiger partial charge on any atom is 0.227 e. The van der Waals surface area contributed by atoms with E-state index in [1.807, 2.05) is 6.07 Å². The van der Waals surface area contributed by atoms with Gasteiger partial charge in [-0.1, -0.05) is 11.6 Å². The third kappa shape index (κ3) is 3.20. The van der Waals surface area contributed by atoms with Gasteiger partial charge >= 0.3 is 0 Å². The Hall–Kier alpha value is -1.07. The van der Waals surface area contributed by atoms with Crippen molar-refractivity contribution in [3.8, 4) is 0 Å². The molecule has 0 saturated carbocycles. The first-order valence-electron chi connectivity index (χ1n) is 5.40. The highest BCUT2D eigenvalue weighted by Crippen LogP contribution is 2.22. The van der Waals surface area contributed by atoms with Crippen LogP contribution >= 0.6 is 22.9 Å². The molecular formula is C11H13ClN2O2S. The number of hydrogen-bond acceptors (Lipinski definition) is 3. The highest BCUT2D eigenvalue weighted by molar-refractivity contribution is 7.16. The first-order chi connectivity index (χ1) is 8.19. The topological polar surface area (TPSA) is 40.6 Å². The Morgan fingerprint density at radius 2 is 2.06 bits per heavy atom. The van der Waals surface area contributed by atoms with Crippen LogP contribution in [0.3, 0.4) is 0 Å². The molecule has 2 rings (SSSR count). The molecule has 17 heavy (non-hydrogen) atoms. The van der Waals surface area contributed by atoms with Crippen LogP contribution in [-0.2, 0) is 16.0 Å². The van der Waals surface area contributed by atoms with Gasteiger partial charge < -0.3 is 9.80 Å². The molecule has 0 unspecified atom stereocenters. The first kappa shape index (κ1) is 12.4. The number of carbonyl (C=O) groups is 2. The molecule has 2 amide bonds. The number of halogens is 1. The zero-order valence-electron chi connectivity index (χ0n) is 9.26. The predicted molar refractivity (Wildman–Crippen MR) is 67.3 cm³/mol. The molecule has 92 valence electrons. The summed E-state index contributed by atoms with van der Waals surface area (Å²) in [6.07, 6.45) is 1.24. The van der Waals surface area contributed by atoms with Crippen molar-refractivity contribution in [3.63, 3.8) is 0 Å². The normalized spacial score (nSPS) is 16.1. The van der Waals surface area contributed by atoms with Gasteiger partial charge in [0.05, 0.1) is 10.8 Å². The van der Waals surface area contributed by atoms with Crippen molar-refractivity contribution >= 4 is 35.3 Å². The first-order valence-corrected chi connectivity index (χ1v) is 6.60. The number of thiophene rings is 1. The lowest BCUT2D eigenvalue weighted by molar-refractivity contribution is -0.134. The third-order valence-electron chi connectivity index (χ3n) is 2.77. The molecule has 0 N–H and O–H groups in total. The number of carbonyl (C=O) groups excluding carboxylic acids is 2. The van der Waals surface area contributed by atoms with Crippen molar-refractivity contribution in [2.75, 3.05) is 26.2 Å². The Morgan fingerprint density at radius 1 is 1.35 bits per heavy atom. The van der Waals surface area contributed by atoms with Crippen LogP contribution in [0.4, 0.5) is 0 Å². The van der Waals surface area contributed by atoms with Gasteiger partial charge in [-0.2, -0.15) is 0 Å². The van der Waals surface area contributed by atoms with Crippen LogP contribution in [0, 0.1) is 0 Å². The minimum atomic E-state index is 0.106. The average Bonchev–Trinajstić information content (AvgIpc) is 2.75. The number of hydrogen-bond donors (Lipinski definition) is 0. The highest BCUT2D eigenvalue weighted by Gasteiger charge is 2.20. The van der Waals surface area contributed by atoms with E-state index in [9.17, 15) is 9.59 Å². The highest BCUT2D eigenvalue weighted by atomic mass is 35.5. The summed E-state index contributed by atoms with van der Waals surface area (Å²) in [6, 6.07) is 3.69. The summed E-state index contributed by atoms with van der Waals surface area (Å²) in [5.74, 6) is 0.106. The molecule has 1 aliphatic rings. The van der Waals surface area contributed by atoms with Gasteiger partial charge in [0.2, 0.25) is 12.3 Å². The lowest BCUT2D eigenvalue weighted by Gasteiger charge is -2.32. The standard InChI is InChI=1S/C11H13ClN2O2S/c12-10-2-1-9(17-10)7-11(16)14-5-3-13(8-15)4-6-14/h1-2,8H,3-7H2. The molecular weight excluding hydrogens is 260 g/mol. The van der Waals surface area contributed by atoms with Crippen molar-refractivity contribution in [1.82, 2.24) is 9.80 Å². The monoisotopic (exact) mass is 272 g/mol. The van der Waals surface area contributed by atoms with Gasteiger partial charge in [0.1, 0.15) is 0 Å².